The number of benzene rings is 1. The Morgan fingerprint density at radius 1 is 1.26 bits per heavy atom. The molecule has 2 aromatic heterocycles. The maximum Gasteiger partial charge on any atom is 0.410 e. The summed E-state index contributed by atoms with van der Waals surface area (Å²) in [4.78, 5) is 13.3. The number of rotatable bonds is 3. The summed E-state index contributed by atoms with van der Waals surface area (Å²) in [6.07, 6.45) is 2.13. The van der Waals surface area contributed by atoms with Crippen molar-refractivity contribution >= 4 is 11.9 Å². The number of alkyl halides is 2. The van der Waals surface area contributed by atoms with Crippen LogP contribution >= 0.6 is 0 Å². The lowest BCUT2D eigenvalue weighted by atomic mass is 9.88. The number of carbonyl (C=O) groups is 1. The van der Waals surface area contributed by atoms with Crippen molar-refractivity contribution in [3.8, 4) is 22.7 Å². The van der Waals surface area contributed by atoms with Gasteiger partial charge in [0, 0.05) is 18.3 Å². The Morgan fingerprint density at radius 2 is 2.00 bits per heavy atom. The Balaban J connectivity index is 1.57. The largest absolute Gasteiger partial charge is 0.507 e. The fourth-order valence-corrected chi connectivity index (χ4v) is 3.88. The summed E-state index contributed by atoms with van der Waals surface area (Å²) in [5.41, 5.74) is 6.67. The second kappa shape index (κ2) is 8.54. The van der Waals surface area contributed by atoms with Crippen LogP contribution in [0.25, 0.3) is 16.9 Å². The van der Waals surface area contributed by atoms with Crippen LogP contribution in [0.2, 0.25) is 0 Å². The fraction of sp³-hybridized carbons (Fsp3) is 0.391. The van der Waals surface area contributed by atoms with Crippen LogP contribution < -0.4 is 5.73 Å². The van der Waals surface area contributed by atoms with Gasteiger partial charge in [-0.2, -0.15) is 5.10 Å². The van der Waals surface area contributed by atoms with Crippen molar-refractivity contribution in [3.05, 3.63) is 48.3 Å². The van der Waals surface area contributed by atoms with E-state index in [2.05, 4.69) is 15.3 Å². The van der Waals surface area contributed by atoms with Gasteiger partial charge in [0.05, 0.1) is 24.4 Å². The van der Waals surface area contributed by atoms with Gasteiger partial charge in [-0.05, 0) is 51.0 Å². The van der Waals surface area contributed by atoms with Gasteiger partial charge in [0.1, 0.15) is 17.0 Å². The first-order chi connectivity index (χ1) is 15.9. The van der Waals surface area contributed by atoms with Gasteiger partial charge in [-0.15, -0.1) is 10.2 Å². The monoisotopic (exact) mass is 472 g/mol. The number of likely N-dealkylation sites (tertiary alicyclic amines) is 1. The van der Waals surface area contributed by atoms with Crippen LogP contribution in [0.1, 0.15) is 38.7 Å². The normalized spacial score (nSPS) is 18.0. The van der Waals surface area contributed by atoms with Gasteiger partial charge < -0.3 is 20.5 Å². The van der Waals surface area contributed by atoms with Crippen molar-refractivity contribution in [1.29, 1.82) is 0 Å². The van der Waals surface area contributed by atoms with E-state index >= 15 is 8.78 Å². The molecule has 0 aliphatic carbocycles. The molecule has 3 heterocycles. The molecule has 3 N–H and O–H groups in total. The highest BCUT2D eigenvalue weighted by Crippen LogP contribution is 2.41. The number of hydrogen-bond donors (Lipinski definition) is 2. The van der Waals surface area contributed by atoms with E-state index in [1.54, 1.807) is 45.0 Å². The molecule has 34 heavy (non-hydrogen) atoms. The molecular weight excluding hydrogens is 446 g/mol. The minimum absolute atomic E-state index is 0.0186. The number of amides is 1. The van der Waals surface area contributed by atoms with Crippen molar-refractivity contribution in [3.63, 3.8) is 0 Å². The van der Waals surface area contributed by atoms with Crippen LogP contribution in [0.4, 0.5) is 19.4 Å². The Kier molecular flexibility index (Phi) is 5.88. The Bertz CT molecular complexity index is 1210. The van der Waals surface area contributed by atoms with E-state index in [4.69, 9.17) is 10.5 Å². The molecule has 1 saturated heterocycles. The van der Waals surface area contributed by atoms with Crippen molar-refractivity contribution < 1.29 is 23.4 Å². The summed E-state index contributed by atoms with van der Waals surface area (Å²) in [5, 5.41) is 22.3. The summed E-state index contributed by atoms with van der Waals surface area (Å²) in [5.74, 6) is -4.23. The molecule has 9 nitrogen and oxygen atoms in total. The van der Waals surface area contributed by atoms with Gasteiger partial charge in [-0.3, -0.25) is 0 Å². The molecule has 0 spiro atoms. The molecular formula is C23H26F2N6O3. The number of carbonyl (C=O) groups excluding carboxylic acids is 1. The minimum Gasteiger partial charge on any atom is -0.507 e. The molecule has 0 bridgehead atoms. The molecule has 0 radical (unpaired) electrons. The van der Waals surface area contributed by atoms with Crippen molar-refractivity contribution in [2.24, 2.45) is 0 Å². The van der Waals surface area contributed by atoms with E-state index in [-0.39, 0.29) is 24.5 Å². The predicted molar refractivity (Wildman–Crippen MR) is 121 cm³/mol. The van der Waals surface area contributed by atoms with E-state index in [0.29, 0.717) is 22.5 Å². The third kappa shape index (κ3) is 4.78. The fourth-order valence-electron chi connectivity index (χ4n) is 3.88. The summed E-state index contributed by atoms with van der Waals surface area (Å²) in [6.45, 7) is 4.46. The molecule has 0 unspecified atom stereocenters. The molecule has 0 saturated carbocycles. The first-order valence-corrected chi connectivity index (χ1v) is 10.8. The first kappa shape index (κ1) is 23.4. The molecule has 3 aromatic rings. The number of phenolic OH excluding ortho intramolecular Hbond substituents is 1. The van der Waals surface area contributed by atoms with E-state index in [1.165, 1.54) is 23.1 Å². The Morgan fingerprint density at radius 3 is 2.68 bits per heavy atom. The summed E-state index contributed by atoms with van der Waals surface area (Å²) in [6, 6.07) is 8.19. The maximum absolute atomic E-state index is 15.1. The second-order valence-electron chi connectivity index (χ2n) is 9.24. The number of piperidine rings is 1. The number of nitrogens with zero attached hydrogens (tertiary/aromatic N) is 5. The average Bonchev–Trinajstić information content (AvgIpc) is 3.22. The highest BCUT2D eigenvalue weighted by Gasteiger charge is 2.47. The average molecular weight is 472 g/mol. The minimum atomic E-state index is -3.17. The number of ether oxygens (including phenoxy) is 1. The molecule has 11 heteroatoms. The van der Waals surface area contributed by atoms with E-state index in [1.807, 2.05) is 0 Å². The lowest BCUT2D eigenvalue weighted by Crippen LogP contribution is -2.50. The number of halogens is 2. The highest BCUT2D eigenvalue weighted by molar-refractivity contribution is 5.70. The van der Waals surface area contributed by atoms with Crippen LogP contribution in [0, 0.1) is 0 Å². The zero-order valence-electron chi connectivity index (χ0n) is 19.1. The van der Waals surface area contributed by atoms with Crippen molar-refractivity contribution in [2.75, 3.05) is 18.8 Å². The Hall–Kier alpha value is -3.76. The number of nitrogens with two attached hydrogens (primary N) is 1. The lowest BCUT2D eigenvalue weighted by molar-refractivity contribution is -0.0849. The third-order valence-corrected chi connectivity index (χ3v) is 5.48. The third-order valence-electron chi connectivity index (χ3n) is 5.48. The summed E-state index contributed by atoms with van der Waals surface area (Å²) >= 11 is 0. The number of para-hydroxylation sites is 1. The molecule has 4 rings (SSSR count). The molecule has 1 aromatic carbocycles. The molecule has 1 fully saturated rings. The molecule has 1 amide bonds. The zero-order valence-corrected chi connectivity index (χ0v) is 19.1. The molecule has 1 aliphatic rings. The van der Waals surface area contributed by atoms with Crippen LogP contribution in [0.15, 0.2) is 42.7 Å². The van der Waals surface area contributed by atoms with Gasteiger partial charge in [0.2, 0.25) is 0 Å². The number of nitrogen functional groups attached to an aromatic ring is 1. The van der Waals surface area contributed by atoms with Gasteiger partial charge in [-0.1, -0.05) is 12.1 Å². The second-order valence-corrected chi connectivity index (χ2v) is 9.24. The number of anilines is 1. The number of aromatic nitrogens is 4. The highest BCUT2D eigenvalue weighted by atomic mass is 19.3. The zero-order chi connectivity index (χ0) is 24.7. The SMILES string of the molecule is CC(C)(C)OC(=O)N1CC[C@H](c2cnn(-c3cc(-c4ccccc4O)nnc3N)c2)C(F)(F)C1. The predicted octanol–water partition coefficient (Wildman–Crippen LogP) is 3.98. The summed E-state index contributed by atoms with van der Waals surface area (Å²) in [7, 11) is 0. The molecule has 1 aliphatic heterocycles. The maximum atomic E-state index is 15.1. The van der Waals surface area contributed by atoms with Gasteiger partial charge in [0.15, 0.2) is 5.82 Å². The van der Waals surface area contributed by atoms with E-state index in [0.717, 1.165) is 4.90 Å². The van der Waals surface area contributed by atoms with Crippen molar-refractivity contribution in [1.82, 2.24) is 24.9 Å². The van der Waals surface area contributed by atoms with Crippen LogP contribution in [-0.2, 0) is 4.74 Å². The Labute approximate surface area is 195 Å². The topological polar surface area (TPSA) is 119 Å². The van der Waals surface area contributed by atoms with Crippen molar-refractivity contribution in [2.45, 2.75) is 44.6 Å². The van der Waals surface area contributed by atoms with Crippen LogP contribution in [-0.4, -0.2) is 60.7 Å². The molecule has 180 valence electrons. The standard InChI is InChI=1S/C23H26F2N6O3/c1-22(2,3)34-21(33)30-9-8-16(23(24,25)13-30)14-11-27-31(12-14)18-10-17(28-29-20(18)26)15-6-4-5-7-19(15)32/h4-7,10-12,16,32H,8-9,13H2,1-3H3,(H2,26,29)/t16-/m1/s1. The number of phenols is 1. The van der Waals surface area contributed by atoms with Gasteiger partial charge >= 0.3 is 6.09 Å². The number of aromatic hydroxyl groups is 1. The number of hydrogen-bond acceptors (Lipinski definition) is 7. The van der Waals surface area contributed by atoms with Gasteiger partial charge in [0.25, 0.3) is 5.92 Å². The smallest absolute Gasteiger partial charge is 0.410 e. The van der Waals surface area contributed by atoms with Crippen LogP contribution in [0.3, 0.4) is 0 Å². The summed E-state index contributed by atoms with van der Waals surface area (Å²) < 4.78 is 36.7. The van der Waals surface area contributed by atoms with E-state index < -0.39 is 30.1 Å². The van der Waals surface area contributed by atoms with Crippen LogP contribution in [0.5, 0.6) is 5.75 Å². The lowest BCUT2D eigenvalue weighted by Gasteiger charge is -2.38. The van der Waals surface area contributed by atoms with Gasteiger partial charge in [-0.25, -0.2) is 18.3 Å². The molecule has 1 atom stereocenters. The first-order valence-electron chi connectivity index (χ1n) is 10.8. The van der Waals surface area contributed by atoms with E-state index in [9.17, 15) is 9.90 Å². The quantitative estimate of drug-likeness (QED) is 0.592.